The molecule has 6 nitrogen and oxygen atoms in total. The van der Waals surface area contributed by atoms with Gasteiger partial charge in [-0.25, -0.2) is 4.98 Å². The molecule has 0 saturated carbocycles. The Hall–Kier alpha value is -3.68. The number of nitrogens with zero attached hydrogens (tertiary/aromatic N) is 2. The fourth-order valence-corrected chi connectivity index (χ4v) is 3.61. The van der Waals surface area contributed by atoms with Crippen molar-refractivity contribution in [3.63, 3.8) is 0 Å². The molecule has 1 aliphatic rings. The molecule has 2 heterocycles. The lowest BCUT2D eigenvalue weighted by Crippen LogP contribution is -2.08. The number of aromatic nitrogens is 2. The van der Waals surface area contributed by atoms with Gasteiger partial charge in [0.05, 0.1) is 12.8 Å². The number of anilines is 1. The molecule has 0 atom stereocenters. The monoisotopic (exact) mass is 439 g/mol. The number of methoxy groups -OCH3 is 1. The van der Waals surface area contributed by atoms with Crippen LogP contribution in [0.25, 0.3) is 17.3 Å². The molecule has 1 N–H and O–H groups in total. The van der Waals surface area contributed by atoms with Crippen molar-refractivity contribution in [2.24, 2.45) is 0 Å². The SMILES string of the molecule is COc1cc(/C=C/C(=O)Nc2ccc(-c3cn4c(n3)CCCC4)cc2)ccc1OC(F)F. The quantitative estimate of drug-likeness (QED) is 0.517. The number of rotatable bonds is 7. The Morgan fingerprint density at radius 1 is 1.16 bits per heavy atom. The van der Waals surface area contributed by atoms with Gasteiger partial charge in [-0.15, -0.1) is 0 Å². The zero-order valence-electron chi connectivity index (χ0n) is 17.6. The maximum absolute atomic E-state index is 12.4. The Morgan fingerprint density at radius 2 is 1.97 bits per heavy atom. The standard InChI is InChI=1S/C24H23F2N3O3/c1-31-21-14-16(5-11-20(21)32-24(25)26)6-12-23(30)27-18-9-7-17(8-10-18)19-15-29-13-3-2-4-22(29)28-19/h5-12,14-15,24H,2-4,13H2,1H3,(H,27,30)/b12-6+. The van der Waals surface area contributed by atoms with Crippen molar-refractivity contribution in [1.29, 1.82) is 0 Å². The van der Waals surface area contributed by atoms with E-state index in [2.05, 4.69) is 20.8 Å². The number of imidazole rings is 1. The number of aryl methyl sites for hydroxylation is 2. The first-order valence-electron chi connectivity index (χ1n) is 10.3. The summed E-state index contributed by atoms with van der Waals surface area (Å²) in [7, 11) is 1.36. The summed E-state index contributed by atoms with van der Waals surface area (Å²) in [4.78, 5) is 17.0. The highest BCUT2D eigenvalue weighted by Gasteiger charge is 2.13. The van der Waals surface area contributed by atoms with Crippen LogP contribution in [-0.4, -0.2) is 29.2 Å². The van der Waals surface area contributed by atoms with E-state index in [1.807, 2.05) is 24.3 Å². The summed E-state index contributed by atoms with van der Waals surface area (Å²) in [6.45, 7) is -1.93. The van der Waals surface area contributed by atoms with Crippen molar-refractivity contribution in [2.75, 3.05) is 12.4 Å². The summed E-state index contributed by atoms with van der Waals surface area (Å²) in [6, 6.07) is 12.0. The molecule has 32 heavy (non-hydrogen) atoms. The molecular weight excluding hydrogens is 416 g/mol. The second-order valence-electron chi connectivity index (χ2n) is 7.38. The second kappa shape index (κ2) is 9.64. The average molecular weight is 439 g/mol. The van der Waals surface area contributed by atoms with Crippen LogP contribution in [-0.2, 0) is 17.8 Å². The van der Waals surface area contributed by atoms with Crippen molar-refractivity contribution >= 4 is 17.7 Å². The van der Waals surface area contributed by atoms with Gasteiger partial charge < -0.3 is 19.4 Å². The molecule has 0 bridgehead atoms. The molecule has 0 unspecified atom stereocenters. The van der Waals surface area contributed by atoms with Gasteiger partial charge in [-0.1, -0.05) is 18.2 Å². The van der Waals surface area contributed by atoms with Gasteiger partial charge in [0.1, 0.15) is 5.82 Å². The van der Waals surface area contributed by atoms with Crippen LogP contribution in [0.15, 0.2) is 54.7 Å². The van der Waals surface area contributed by atoms with Gasteiger partial charge in [0.15, 0.2) is 11.5 Å². The molecule has 166 valence electrons. The Bertz CT molecular complexity index is 1100. The Labute approximate surface area is 184 Å². The number of hydrogen-bond acceptors (Lipinski definition) is 4. The highest BCUT2D eigenvalue weighted by Crippen LogP contribution is 2.30. The number of fused-ring (bicyclic) bond motifs is 1. The van der Waals surface area contributed by atoms with Gasteiger partial charge in [0.2, 0.25) is 5.91 Å². The summed E-state index contributed by atoms with van der Waals surface area (Å²) in [5.41, 5.74) is 3.20. The zero-order chi connectivity index (χ0) is 22.5. The van der Waals surface area contributed by atoms with E-state index in [9.17, 15) is 13.6 Å². The highest BCUT2D eigenvalue weighted by atomic mass is 19.3. The van der Waals surface area contributed by atoms with Crippen LogP contribution >= 0.6 is 0 Å². The minimum absolute atomic E-state index is 0.0669. The number of nitrogens with one attached hydrogen (secondary N) is 1. The second-order valence-corrected chi connectivity index (χ2v) is 7.38. The van der Waals surface area contributed by atoms with Gasteiger partial charge >= 0.3 is 6.61 Å². The van der Waals surface area contributed by atoms with Crippen molar-refractivity contribution in [3.05, 3.63) is 66.1 Å². The summed E-state index contributed by atoms with van der Waals surface area (Å²) in [5, 5.41) is 2.80. The molecule has 0 aliphatic carbocycles. The lowest BCUT2D eigenvalue weighted by atomic mass is 10.1. The van der Waals surface area contributed by atoms with Crippen molar-refractivity contribution in [3.8, 4) is 22.8 Å². The molecule has 8 heteroatoms. The summed E-state index contributed by atoms with van der Waals surface area (Å²) < 4.78 is 36.5. The van der Waals surface area contributed by atoms with E-state index in [0.717, 1.165) is 30.0 Å². The van der Waals surface area contributed by atoms with E-state index in [4.69, 9.17) is 9.72 Å². The number of halogens is 2. The topological polar surface area (TPSA) is 65.4 Å². The van der Waals surface area contributed by atoms with Crippen molar-refractivity contribution in [2.45, 2.75) is 32.4 Å². The van der Waals surface area contributed by atoms with Crippen LogP contribution in [0.3, 0.4) is 0 Å². The number of carbonyl (C=O) groups excluding carboxylic acids is 1. The molecule has 0 radical (unpaired) electrons. The van der Waals surface area contributed by atoms with Crippen LogP contribution in [0.5, 0.6) is 11.5 Å². The predicted octanol–water partition coefficient (Wildman–Crippen LogP) is 5.15. The predicted molar refractivity (Wildman–Crippen MR) is 118 cm³/mol. The van der Waals surface area contributed by atoms with E-state index < -0.39 is 6.61 Å². The number of carbonyl (C=O) groups is 1. The largest absolute Gasteiger partial charge is 0.493 e. The summed E-state index contributed by atoms with van der Waals surface area (Å²) in [6.07, 6.45) is 8.37. The normalized spacial score (nSPS) is 13.2. The molecule has 0 fully saturated rings. The molecule has 0 saturated heterocycles. The third-order valence-electron chi connectivity index (χ3n) is 5.19. The number of alkyl halides is 2. The first kappa shape index (κ1) is 21.5. The Kier molecular flexibility index (Phi) is 6.49. The van der Waals surface area contributed by atoms with Crippen LogP contribution in [0, 0.1) is 0 Å². The lowest BCUT2D eigenvalue weighted by Gasteiger charge is -2.11. The van der Waals surface area contributed by atoms with Crippen LogP contribution in [0.1, 0.15) is 24.2 Å². The van der Waals surface area contributed by atoms with E-state index in [1.54, 1.807) is 12.1 Å². The van der Waals surface area contributed by atoms with Crippen LogP contribution in [0.4, 0.5) is 14.5 Å². The fraction of sp³-hybridized carbons (Fsp3) is 0.250. The summed E-state index contributed by atoms with van der Waals surface area (Å²) >= 11 is 0. The smallest absolute Gasteiger partial charge is 0.387 e. The van der Waals surface area contributed by atoms with Crippen molar-refractivity contribution < 1.29 is 23.0 Å². The molecule has 4 rings (SSSR count). The van der Waals surface area contributed by atoms with Gasteiger partial charge in [-0.05, 0) is 48.7 Å². The first-order valence-corrected chi connectivity index (χ1v) is 10.3. The minimum Gasteiger partial charge on any atom is -0.493 e. The maximum atomic E-state index is 12.4. The molecule has 0 spiro atoms. The maximum Gasteiger partial charge on any atom is 0.387 e. The lowest BCUT2D eigenvalue weighted by molar-refractivity contribution is -0.111. The number of hydrogen-bond donors (Lipinski definition) is 1. The van der Waals surface area contributed by atoms with Gasteiger partial charge in [-0.3, -0.25) is 4.79 Å². The first-order chi connectivity index (χ1) is 15.5. The molecule has 1 amide bonds. The van der Waals surface area contributed by atoms with Crippen LogP contribution in [0.2, 0.25) is 0 Å². The third kappa shape index (κ3) is 5.14. The zero-order valence-corrected chi connectivity index (χ0v) is 17.6. The van der Waals surface area contributed by atoms with Crippen LogP contribution < -0.4 is 14.8 Å². The number of ether oxygens (including phenoxy) is 2. The molecule has 3 aromatic rings. The minimum atomic E-state index is -2.94. The van der Waals surface area contributed by atoms with E-state index in [1.165, 1.54) is 38.2 Å². The van der Waals surface area contributed by atoms with Gasteiger partial charge in [0, 0.05) is 36.5 Å². The number of benzene rings is 2. The Morgan fingerprint density at radius 3 is 2.69 bits per heavy atom. The average Bonchev–Trinajstić information content (AvgIpc) is 3.23. The molecule has 2 aromatic carbocycles. The Balaban J connectivity index is 1.38. The molecule has 1 aromatic heterocycles. The highest BCUT2D eigenvalue weighted by molar-refractivity contribution is 6.02. The number of amides is 1. The van der Waals surface area contributed by atoms with E-state index in [-0.39, 0.29) is 17.4 Å². The van der Waals surface area contributed by atoms with E-state index >= 15 is 0 Å². The molecule has 1 aliphatic heterocycles. The fourth-order valence-electron chi connectivity index (χ4n) is 3.61. The summed E-state index contributed by atoms with van der Waals surface area (Å²) in [5.74, 6) is 0.897. The molecular formula is C24H23F2N3O3. The third-order valence-corrected chi connectivity index (χ3v) is 5.19. The van der Waals surface area contributed by atoms with Gasteiger partial charge in [0.25, 0.3) is 0 Å². The van der Waals surface area contributed by atoms with E-state index in [0.29, 0.717) is 11.3 Å². The van der Waals surface area contributed by atoms with Gasteiger partial charge in [-0.2, -0.15) is 8.78 Å². The van der Waals surface area contributed by atoms with Crippen molar-refractivity contribution in [1.82, 2.24) is 9.55 Å².